The molecule has 0 radical (unpaired) electrons. The highest BCUT2D eigenvalue weighted by Gasteiger charge is 2.42. The normalized spacial score (nSPS) is 15.9. The van der Waals surface area contributed by atoms with Crippen LogP contribution in [0.15, 0.2) is 4.79 Å². The Labute approximate surface area is 178 Å². The Kier molecular flexibility index (Phi) is 6.55. The summed E-state index contributed by atoms with van der Waals surface area (Å²) in [5.41, 5.74) is -0.426. The predicted octanol–water partition coefficient (Wildman–Crippen LogP) is 1.26. The Morgan fingerprint density at radius 1 is 1.26 bits per heavy atom. The molecule has 1 aliphatic rings. The number of alkyl halides is 3. The summed E-state index contributed by atoms with van der Waals surface area (Å²) in [5, 5.41) is 2.99. The zero-order valence-corrected chi connectivity index (χ0v) is 17.5. The average molecular weight is 465 g/mol. The van der Waals surface area contributed by atoms with Crippen molar-refractivity contribution in [2.75, 3.05) is 31.1 Å². The first-order chi connectivity index (χ1) is 14.5. The zero-order chi connectivity index (χ0) is 22.9. The minimum atomic E-state index is -5.34. The van der Waals surface area contributed by atoms with Crippen molar-refractivity contribution in [3.05, 3.63) is 15.8 Å². The van der Waals surface area contributed by atoms with Gasteiger partial charge in [0.1, 0.15) is 12.1 Å². The molecule has 1 aliphatic heterocycles. The van der Waals surface area contributed by atoms with Gasteiger partial charge in [0.15, 0.2) is 11.5 Å². The van der Waals surface area contributed by atoms with Crippen LogP contribution >= 0.6 is 11.6 Å². The highest BCUT2D eigenvalue weighted by Crippen LogP contribution is 2.28. The Balaban J connectivity index is 2.13. The molecule has 0 aromatic carbocycles. The van der Waals surface area contributed by atoms with Crippen LogP contribution in [0, 0.1) is 0 Å². The van der Waals surface area contributed by atoms with Gasteiger partial charge in [0.2, 0.25) is 5.28 Å². The number of nitrogens with one attached hydrogen (secondary N) is 1. The largest absolute Gasteiger partial charge is 0.491 e. The van der Waals surface area contributed by atoms with Gasteiger partial charge in [0.25, 0.3) is 0 Å². The summed E-state index contributed by atoms with van der Waals surface area (Å²) in [6.45, 7) is 5.15. The molecular weight excluding hydrogens is 445 g/mol. The smallest absolute Gasteiger partial charge is 0.385 e. The molecule has 0 bridgehead atoms. The molecule has 0 saturated carbocycles. The molecule has 1 N–H and O–H groups in total. The number of carbonyl (C=O) groups excluding carboxylic acids is 2. The third-order valence-corrected chi connectivity index (χ3v) is 5.10. The van der Waals surface area contributed by atoms with E-state index in [0.717, 1.165) is 4.57 Å². The van der Waals surface area contributed by atoms with E-state index in [1.807, 2.05) is 11.8 Å². The summed E-state index contributed by atoms with van der Waals surface area (Å²) in [7, 11) is 0. The molecular formula is C17H20ClF3N6O4. The number of halogens is 4. The number of hydrogen-bond donors (Lipinski definition) is 1. The van der Waals surface area contributed by atoms with Crippen molar-refractivity contribution in [2.24, 2.45) is 0 Å². The number of carbonyl (C=O) groups is 2. The van der Waals surface area contributed by atoms with Gasteiger partial charge in [-0.1, -0.05) is 6.92 Å². The fourth-order valence-electron chi connectivity index (χ4n) is 3.28. The second-order valence-corrected chi connectivity index (χ2v) is 7.32. The zero-order valence-electron chi connectivity index (χ0n) is 16.7. The van der Waals surface area contributed by atoms with E-state index in [0.29, 0.717) is 43.9 Å². The topological polar surface area (TPSA) is 111 Å². The molecule has 0 aliphatic carbocycles. The quantitative estimate of drug-likeness (QED) is 0.400. The summed E-state index contributed by atoms with van der Waals surface area (Å²) in [6, 6.07) is -0.337. The van der Waals surface area contributed by atoms with Crippen molar-refractivity contribution in [1.82, 2.24) is 24.4 Å². The summed E-state index contributed by atoms with van der Waals surface area (Å²) in [6.07, 6.45) is -4.80. The number of esters is 2. The molecule has 31 heavy (non-hydrogen) atoms. The first-order valence-corrected chi connectivity index (χ1v) is 9.88. The molecule has 2 aromatic heterocycles. The van der Waals surface area contributed by atoms with Gasteiger partial charge in [-0.25, -0.2) is 14.4 Å². The number of imidazole rings is 1. The van der Waals surface area contributed by atoms with Crippen LogP contribution < -0.4 is 15.9 Å². The lowest BCUT2D eigenvalue weighted by atomic mass is 10.2. The monoisotopic (exact) mass is 464 g/mol. The van der Waals surface area contributed by atoms with Crippen molar-refractivity contribution in [3.8, 4) is 0 Å². The molecule has 2 aromatic rings. The lowest BCUT2D eigenvalue weighted by molar-refractivity contribution is -0.202. The number of ether oxygens (including phenoxy) is 1. The molecule has 3 rings (SSSR count). The first-order valence-electron chi connectivity index (χ1n) is 9.50. The summed E-state index contributed by atoms with van der Waals surface area (Å²) >= 11 is 6.06. The van der Waals surface area contributed by atoms with Crippen molar-refractivity contribution in [2.45, 2.75) is 39.0 Å². The number of nitrogens with zero attached hydrogens (tertiary/aromatic N) is 5. The highest BCUT2D eigenvalue weighted by molar-refractivity contribution is 6.28. The van der Waals surface area contributed by atoms with Gasteiger partial charge in [-0.05, 0) is 24.9 Å². The number of hydrogen-bond acceptors (Lipinski definition) is 8. The maximum atomic E-state index is 13.1. The van der Waals surface area contributed by atoms with Crippen molar-refractivity contribution in [3.63, 3.8) is 0 Å². The lowest BCUT2D eigenvalue weighted by Crippen LogP contribution is -2.44. The molecule has 14 heteroatoms. The number of rotatable bonds is 5. The third kappa shape index (κ3) is 4.66. The van der Waals surface area contributed by atoms with Crippen molar-refractivity contribution < 1.29 is 27.5 Å². The highest BCUT2D eigenvalue weighted by atomic mass is 35.5. The van der Waals surface area contributed by atoms with E-state index >= 15 is 0 Å². The molecule has 1 fully saturated rings. The molecule has 0 amide bonds. The van der Waals surface area contributed by atoms with E-state index in [1.54, 1.807) is 6.92 Å². The van der Waals surface area contributed by atoms with Crippen LogP contribution in [0.4, 0.5) is 19.0 Å². The number of piperazine rings is 1. The molecule has 1 unspecified atom stereocenters. The third-order valence-electron chi connectivity index (χ3n) is 4.93. The van der Waals surface area contributed by atoms with Crippen LogP contribution in [0.25, 0.3) is 11.2 Å². The molecule has 10 nitrogen and oxygen atoms in total. The van der Waals surface area contributed by atoms with E-state index in [4.69, 9.17) is 11.6 Å². The average Bonchev–Trinajstić information content (AvgIpc) is 2.98. The van der Waals surface area contributed by atoms with Gasteiger partial charge in [0.05, 0.1) is 0 Å². The second kappa shape index (κ2) is 8.83. The number of fused-ring (bicyclic) bond motifs is 1. The van der Waals surface area contributed by atoms with Gasteiger partial charge < -0.3 is 15.0 Å². The van der Waals surface area contributed by atoms with E-state index in [1.165, 1.54) is 4.57 Å². The van der Waals surface area contributed by atoms with Gasteiger partial charge in [-0.3, -0.25) is 9.13 Å². The molecule has 1 saturated heterocycles. The summed E-state index contributed by atoms with van der Waals surface area (Å²) in [5.74, 6) is -3.83. The van der Waals surface area contributed by atoms with Gasteiger partial charge in [0, 0.05) is 32.2 Å². The molecule has 1 atom stereocenters. The van der Waals surface area contributed by atoms with E-state index in [2.05, 4.69) is 20.0 Å². The van der Waals surface area contributed by atoms with E-state index < -0.39 is 30.3 Å². The van der Waals surface area contributed by atoms with Crippen LogP contribution in [0.1, 0.15) is 26.3 Å². The molecule has 3 heterocycles. The maximum absolute atomic E-state index is 13.1. The Bertz CT molecular complexity index is 1060. The van der Waals surface area contributed by atoms with Crippen molar-refractivity contribution in [1.29, 1.82) is 0 Å². The van der Waals surface area contributed by atoms with Crippen LogP contribution in [-0.4, -0.2) is 63.4 Å². The predicted molar refractivity (Wildman–Crippen MR) is 104 cm³/mol. The summed E-state index contributed by atoms with van der Waals surface area (Å²) in [4.78, 5) is 46.3. The van der Waals surface area contributed by atoms with Crippen LogP contribution in [0.3, 0.4) is 0 Å². The minimum absolute atomic E-state index is 0.0322. The fraction of sp³-hybridized carbons (Fsp3) is 0.588. The minimum Gasteiger partial charge on any atom is -0.385 e. The van der Waals surface area contributed by atoms with Crippen LogP contribution in [-0.2, 0) is 20.9 Å². The second-order valence-electron chi connectivity index (χ2n) is 6.98. The Hall–Kier alpha value is -2.67. The van der Waals surface area contributed by atoms with Crippen LogP contribution in [0.2, 0.25) is 5.28 Å². The van der Waals surface area contributed by atoms with Crippen LogP contribution in [0.5, 0.6) is 0 Å². The van der Waals surface area contributed by atoms with Crippen molar-refractivity contribution >= 4 is 40.5 Å². The SMILES string of the molecule is CCC(C)n1c(=O)n(CC(=O)OC(=O)C(F)(F)F)c2nc(Cl)nc(N3CCNCC3)c21. The fourth-order valence-corrected chi connectivity index (χ4v) is 3.44. The Morgan fingerprint density at radius 2 is 1.90 bits per heavy atom. The maximum Gasteiger partial charge on any atom is 0.491 e. The standard InChI is InChI=1S/C17H20ClF3N6O4/c1-3-9(2)27-11-12(25-6-4-22-5-7-25)23-15(18)24-13(11)26(16(27)30)8-10(28)31-14(29)17(19,20)21/h9,22H,3-8H2,1-2H3. The van der Waals surface area contributed by atoms with E-state index in [9.17, 15) is 27.6 Å². The number of anilines is 1. The van der Waals surface area contributed by atoms with Gasteiger partial charge in [-0.15, -0.1) is 0 Å². The van der Waals surface area contributed by atoms with Gasteiger partial charge in [-0.2, -0.15) is 23.1 Å². The van der Waals surface area contributed by atoms with E-state index in [-0.39, 0.29) is 17.0 Å². The Morgan fingerprint density at radius 3 is 2.48 bits per heavy atom. The van der Waals surface area contributed by atoms with Gasteiger partial charge >= 0.3 is 23.8 Å². The lowest BCUT2D eigenvalue weighted by Gasteiger charge is -2.29. The molecule has 0 spiro atoms. The first kappa shape index (κ1) is 23.0. The summed E-state index contributed by atoms with van der Waals surface area (Å²) < 4.78 is 43.2. The molecule has 170 valence electrons. The number of aromatic nitrogens is 4.